The topological polar surface area (TPSA) is 102 Å². The van der Waals surface area contributed by atoms with Gasteiger partial charge in [0.1, 0.15) is 12.3 Å². The van der Waals surface area contributed by atoms with Gasteiger partial charge < -0.3 is 19.1 Å². The van der Waals surface area contributed by atoms with Crippen molar-refractivity contribution in [2.75, 3.05) is 33.4 Å². The number of rotatable bonds is 8. The second kappa shape index (κ2) is 11.7. The van der Waals surface area contributed by atoms with E-state index >= 15 is 0 Å². The Bertz CT molecular complexity index is 1260. The molecule has 0 saturated carbocycles. The van der Waals surface area contributed by atoms with E-state index in [-0.39, 0.29) is 40.5 Å². The summed E-state index contributed by atoms with van der Waals surface area (Å²) >= 11 is 7.19. The summed E-state index contributed by atoms with van der Waals surface area (Å²) in [5.74, 6) is -0.601. The van der Waals surface area contributed by atoms with Crippen molar-refractivity contribution >= 4 is 52.5 Å². The van der Waals surface area contributed by atoms with Crippen LogP contribution in [0, 0.1) is 0 Å². The molecule has 0 aromatic heterocycles. The Kier molecular flexibility index (Phi) is 8.40. The highest BCUT2D eigenvalue weighted by molar-refractivity contribution is 8.18. The second-order valence-corrected chi connectivity index (χ2v) is 9.64. The molecule has 4 rings (SSSR count). The van der Waals surface area contributed by atoms with Gasteiger partial charge in [-0.2, -0.15) is 0 Å². The van der Waals surface area contributed by atoms with Crippen LogP contribution in [0.4, 0.5) is 4.79 Å². The third-order valence-corrected chi connectivity index (χ3v) is 6.96. The third kappa shape index (κ3) is 6.08. The van der Waals surface area contributed by atoms with E-state index in [0.717, 1.165) is 29.5 Å². The predicted octanol–water partition coefficient (Wildman–Crippen LogP) is 4.63. The summed E-state index contributed by atoms with van der Waals surface area (Å²) in [6, 6.07) is 9.47. The number of likely N-dealkylation sites (tertiary alicyclic amines) is 1. The van der Waals surface area contributed by atoms with E-state index in [2.05, 4.69) is 0 Å². The summed E-state index contributed by atoms with van der Waals surface area (Å²) in [4.78, 5) is 53.2. The fourth-order valence-electron chi connectivity index (χ4n) is 3.90. The lowest BCUT2D eigenvalue weighted by Crippen LogP contribution is -2.40. The van der Waals surface area contributed by atoms with Crippen LogP contribution in [0.15, 0.2) is 41.3 Å². The van der Waals surface area contributed by atoms with Crippen LogP contribution in [0.2, 0.25) is 5.02 Å². The first-order chi connectivity index (χ1) is 17.8. The van der Waals surface area contributed by atoms with Gasteiger partial charge in [-0.05, 0) is 79.6 Å². The van der Waals surface area contributed by atoms with Gasteiger partial charge in [0.05, 0.1) is 29.2 Å². The maximum absolute atomic E-state index is 12.9. The van der Waals surface area contributed by atoms with Crippen LogP contribution in [-0.4, -0.2) is 66.2 Å². The van der Waals surface area contributed by atoms with Crippen molar-refractivity contribution in [2.24, 2.45) is 0 Å². The number of halogens is 1. The number of hydrogen-bond acceptors (Lipinski definition) is 8. The van der Waals surface area contributed by atoms with E-state index in [0.29, 0.717) is 30.0 Å². The minimum Gasteiger partial charge on any atom is -0.497 e. The summed E-state index contributed by atoms with van der Waals surface area (Å²) in [7, 11) is 1.53. The maximum atomic E-state index is 12.9. The molecule has 2 aromatic carbocycles. The van der Waals surface area contributed by atoms with Gasteiger partial charge in [-0.1, -0.05) is 11.6 Å². The average molecular weight is 545 g/mol. The monoisotopic (exact) mass is 544 g/mol. The van der Waals surface area contributed by atoms with Crippen LogP contribution in [0.1, 0.15) is 35.7 Å². The Balaban J connectivity index is 1.53. The van der Waals surface area contributed by atoms with Gasteiger partial charge in [0.2, 0.25) is 5.91 Å². The number of thioether (sulfide) groups is 1. The molecule has 2 aliphatic heterocycles. The molecule has 2 saturated heterocycles. The van der Waals surface area contributed by atoms with Crippen molar-refractivity contribution in [1.82, 2.24) is 9.80 Å². The van der Waals surface area contributed by atoms with Gasteiger partial charge in [-0.15, -0.1) is 0 Å². The number of esters is 1. The van der Waals surface area contributed by atoms with Crippen molar-refractivity contribution in [3.8, 4) is 17.2 Å². The summed E-state index contributed by atoms with van der Waals surface area (Å²) in [5, 5.41) is -0.424. The number of imide groups is 1. The fourth-order valence-corrected chi connectivity index (χ4v) is 5.00. The van der Waals surface area contributed by atoms with Gasteiger partial charge in [0.25, 0.3) is 11.1 Å². The fraction of sp³-hybridized carbons (Fsp3) is 0.308. The Labute approximate surface area is 223 Å². The molecule has 0 atom stereocenters. The quantitative estimate of drug-likeness (QED) is 0.269. The molecule has 37 heavy (non-hydrogen) atoms. The van der Waals surface area contributed by atoms with Gasteiger partial charge in [0, 0.05) is 13.1 Å². The SMILES string of the molecule is CCOc1cc(/C=C2\SC(=O)N(CC(=O)N3CCCC3)C2=O)cc(Cl)c1OC(=O)c1ccc(OC)cc1. The molecule has 194 valence electrons. The summed E-state index contributed by atoms with van der Waals surface area (Å²) in [5.41, 5.74) is 0.759. The normalized spacial score (nSPS) is 16.5. The Hall–Kier alpha value is -3.50. The first-order valence-corrected chi connectivity index (χ1v) is 12.9. The molecule has 0 bridgehead atoms. The number of carbonyl (C=O) groups excluding carboxylic acids is 4. The van der Waals surface area contributed by atoms with Crippen molar-refractivity contribution in [3.63, 3.8) is 0 Å². The molecule has 2 heterocycles. The third-order valence-electron chi connectivity index (χ3n) is 5.78. The molecule has 2 fully saturated rings. The van der Waals surface area contributed by atoms with Crippen LogP contribution >= 0.6 is 23.4 Å². The highest BCUT2D eigenvalue weighted by Crippen LogP contribution is 2.39. The van der Waals surface area contributed by atoms with Gasteiger partial charge in [-0.3, -0.25) is 19.3 Å². The zero-order chi connectivity index (χ0) is 26.5. The maximum Gasteiger partial charge on any atom is 0.343 e. The smallest absolute Gasteiger partial charge is 0.343 e. The van der Waals surface area contributed by atoms with E-state index in [9.17, 15) is 19.2 Å². The molecule has 0 N–H and O–H groups in total. The molecule has 11 heteroatoms. The highest BCUT2D eigenvalue weighted by Gasteiger charge is 2.37. The molecule has 3 amide bonds. The van der Waals surface area contributed by atoms with Crippen LogP contribution in [-0.2, 0) is 9.59 Å². The average Bonchev–Trinajstić information content (AvgIpc) is 3.51. The number of carbonyl (C=O) groups is 4. The largest absolute Gasteiger partial charge is 0.497 e. The minimum absolute atomic E-state index is 0.0331. The second-order valence-electron chi connectivity index (χ2n) is 8.24. The first kappa shape index (κ1) is 26.6. The molecule has 2 aliphatic rings. The lowest BCUT2D eigenvalue weighted by molar-refractivity contribution is -0.135. The summed E-state index contributed by atoms with van der Waals surface area (Å²) in [6.45, 7) is 3.02. The highest BCUT2D eigenvalue weighted by atomic mass is 35.5. The van der Waals surface area contributed by atoms with Crippen LogP contribution < -0.4 is 14.2 Å². The standard InChI is InChI=1S/C26H25ClN2O7S/c1-3-35-20-13-16(12-19(27)23(20)36-25(32)17-6-8-18(34-2)9-7-17)14-21-24(31)29(26(33)37-21)15-22(30)28-10-4-5-11-28/h6-9,12-14H,3-5,10-11,15H2,1-2H3/b21-14-. The zero-order valence-corrected chi connectivity index (χ0v) is 21.9. The van der Waals surface area contributed by atoms with Crippen LogP contribution in [0.3, 0.4) is 0 Å². The molecule has 0 radical (unpaired) electrons. The number of hydrogen-bond donors (Lipinski definition) is 0. The van der Waals surface area contributed by atoms with Crippen LogP contribution in [0.5, 0.6) is 17.2 Å². The Morgan fingerprint density at radius 2 is 1.81 bits per heavy atom. The van der Waals surface area contributed by atoms with Crippen LogP contribution in [0.25, 0.3) is 6.08 Å². The number of amides is 3. The zero-order valence-electron chi connectivity index (χ0n) is 20.3. The summed E-state index contributed by atoms with van der Waals surface area (Å²) < 4.78 is 16.3. The number of nitrogens with zero attached hydrogens (tertiary/aromatic N) is 2. The molecule has 2 aromatic rings. The minimum atomic E-state index is -0.637. The molecular weight excluding hydrogens is 520 g/mol. The van der Waals surface area contributed by atoms with Crippen molar-refractivity contribution in [1.29, 1.82) is 0 Å². The number of methoxy groups -OCH3 is 1. The van der Waals surface area contributed by atoms with E-state index in [4.69, 9.17) is 25.8 Å². The van der Waals surface area contributed by atoms with Crippen molar-refractivity contribution < 1.29 is 33.4 Å². The Morgan fingerprint density at radius 3 is 2.46 bits per heavy atom. The number of benzene rings is 2. The first-order valence-electron chi connectivity index (χ1n) is 11.7. The lowest BCUT2D eigenvalue weighted by atomic mass is 10.1. The lowest BCUT2D eigenvalue weighted by Gasteiger charge is -2.18. The van der Waals surface area contributed by atoms with E-state index in [1.165, 1.54) is 19.3 Å². The number of ether oxygens (including phenoxy) is 3. The Morgan fingerprint density at radius 1 is 1.11 bits per heavy atom. The van der Waals surface area contributed by atoms with E-state index in [1.54, 1.807) is 42.2 Å². The van der Waals surface area contributed by atoms with E-state index < -0.39 is 17.1 Å². The summed E-state index contributed by atoms with van der Waals surface area (Å²) in [6.07, 6.45) is 3.33. The van der Waals surface area contributed by atoms with E-state index in [1.807, 2.05) is 0 Å². The molecule has 0 unspecified atom stereocenters. The predicted molar refractivity (Wildman–Crippen MR) is 139 cm³/mol. The molecule has 0 aliphatic carbocycles. The molecule has 0 spiro atoms. The van der Waals surface area contributed by atoms with Gasteiger partial charge in [-0.25, -0.2) is 4.79 Å². The van der Waals surface area contributed by atoms with Crippen molar-refractivity contribution in [2.45, 2.75) is 19.8 Å². The molecule has 9 nitrogen and oxygen atoms in total. The molecular formula is C26H25ClN2O7S. The van der Waals surface area contributed by atoms with Gasteiger partial charge >= 0.3 is 5.97 Å². The van der Waals surface area contributed by atoms with Gasteiger partial charge in [0.15, 0.2) is 11.5 Å². The van der Waals surface area contributed by atoms with Crippen molar-refractivity contribution in [3.05, 3.63) is 57.5 Å².